The highest BCUT2D eigenvalue weighted by Gasteiger charge is 2.15. The molecule has 2 aromatic carbocycles. The third-order valence-corrected chi connectivity index (χ3v) is 3.48. The smallest absolute Gasteiger partial charge is 0.329 e. The van der Waals surface area contributed by atoms with Gasteiger partial charge in [-0.2, -0.15) is 5.10 Å². The molecule has 2 N–H and O–H groups in total. The molecule has 2 aromatic rings. The van der Waals surface area contributed by atoms with E-state index in [0.29, 0.717) is 29.4 Å². The van der Waals surface area contributed by atoms with Crippen molar-refractivity contribution in [3.8, 4) is 11.5 Å². The molecule has 28 heavy (non-hydrogen) atoms. The lowest BCUT2D eigenvalue weighted by Gasteiger charge is -2.10. The summed E-state index contributed by atoms with van der Waals surface area (Å²) >= 11 is 0. The van der Waals surface area contributed by atoms with Gasteiger partial charge in [-0.3, -0.25) is 9.59 Å². The molecule has 2 rings (SSSR count). The average Bonchev–Trinajstić information content (AvgIpc) is 2.69. The summed E-state index contributed by atoms with van der Waals surface area (Å²) in [7, 11) is 1.44. The second-order valence-corrected chi connectivity index (χ2v) is 5.33. The number of methoxy groups -OCH3 is 1. The molecule has 0 atom stereocenters. The summed E-state index contributed by atoms with van der Waals surface area (Å²) in [6.07, 6.45) is 1.17. The molecule has 0 aliphatic heterocycles. The Morgan fingerprint density at radius 1 is 1.11 bits per heavy atom. The molecule has 0 unspecified atom stereocenters. The number of aromatic carboxylic acids is 1. The maximum Gasteiger partial charge on any atom is 0.329 e. The number of amides is 2. The van der Waals surface area contributed by atoms with Crippen molar-refractivity contribution in [1.29, 1.82) is 0 Å². The van der Waals surface area contributed by atoms with Gasteiger partial charge in [0, 0.05) is 5.56 Å². The largest absolute Gasteiger partial charge is 0.545 e. The topological polar surface area (TPSA) is 129 Å². The van der Waals surface area contributed by atoms with E-state index in [1.54, 1.807) is 31.2 Å². The van der Waals surface area contributed by atoms with Crippen molar-refractivity contribution in [2.45, 2.75) is 6.92 Å². The first kappa shape index (κ1) is 20.4. The molecule has 0 bridgehead atoms. The standard InChI is InChI=1S/C19H19N3O6/c1-3-28-15-9-8-12(19(25)26)10-13(15)11-20-22-18(24)17(23)21-14-6-4-5-7-16(14)27-2/h4-11H,3H2,1-2H3,(H,21,23)(H,22,24)(H,25,26)/p-1/b20-11-. The summed E-state index contributed by atoms with van der Waals surface area (Å²) in [5, 5.41) is 17.1. The van der Waals surface area contributed by atoms with Crippen molar-refractivity contribution in [1.82, 2.24) is 5.43 Å². The fourth-order valence-electron chi connectivity index (χ4n) is 2.20. The van der Waals surface area contributed by atoms with Gasteiger partial charge in [0.05, 0.1) is 31.6 Å². The Balaban J connectivity index is 2.07. The third kappa shape index (κ3) is 5.31. The zero-order valence-electron chi connectivity index (χ0n) is 15.2. The van der Waals surface area contributed by atoms with Crippen molar-refractivity contribution < 1.29 is 29.0 Å². The molecule has 0 aromatic heterocycles. The van der Waals surface area contributed by atoms with Crippen LogP contribution in [0, 0.1) is 0 Å². The number of anilines is 1. The SMILES string of the molecule is CCOc1ccc(C(=O)[O-])cc1/C=N\NC(=O)C(=O)Nc1ccccc1OC. The number of carboxylic acids is 1. The van der Waals surface area contributed by atoms with E-state index in [-0.39, 0.29) is 5.56 Å². The Labute approximate surface area is 161 Å². The number of para-hydroxylation sites is 2. The quantitative estimate of drug-likeness (QED) is 0.407. The highest BCUT2D eigenvalue weighted by Crippen LogP contribution is 2.22. The molecular formula is C19H18N3O6-. The molecule has 0 spiro atoms. The molecule has 0 saturated carbocycles. The summed E-state index contributed by atoms with van der Waals surface area (Å²) in [5.41, 5.74) is 2.62. The van der Waals surface area contributed by atoms with Crippen LogP contribution in [0.3, 0.4) is 0 Å². The predicted octanol–water partition coefficient (Wildman–Crippen LogP) is 0.546. The van der Waals surface area contributed by atoms with Gasteiger partial charge < -0.3 is 24.7 Å². The number of ether oxygens (including phenoxy) is 2. The molecule has 0 saturated heterocycles. The van der Waals surface area contributed by atoms with Gasteiger partial charge in [0.1, 0.15) is 11.5 Å². The van der Waals surface area contributed by atoms with Gasteiger partial charge in [0.15, 0.2) is 0 Å². The molecule has 0 aliphatic carbocycles. The summed E-state index contributed by atoms with van der Waals surface area (Å²) in [6.45, 7) is 2.11. The van der Waals surface area contributed by atoms with Crippen molar-refractivity contribution in [2.24, 2.45) is 5.10 Å². The van der Waals surface area contributed by atoms with Crippen LogP contribution >= 0.6 is 0 Å². The lowest BCUT2D eigenvalue weighted by molar-refractivity contribution is -0.255. The van der Waals surface area contributed by atoms with Gasteiger partial charge in [0.25, 0.3) is 0 Å². The van der Waals surface area contributed by atoms with Crippen molar-refractivity contribution in [2.75, 3.05) is 19.0 Å². The highest BCUT2D eigenvalue weighted by molar-refractivity contribution is 6.39. The zero-order chi connectivity index (χ0) is 20.5. The van der Waals surface area contributed by atoms with Gasteiger partial charge in [-0.15, -0.1) is 0 Å². The first-order valence-electron chi connectivity index (χ1n) is 8.21. The number of carbonyl (C=O) groups is 3. The number of carbonyl (C=O) groups excluding carboxylic acids is 3. The van der Waals surface area contributed by atoms with E-state index in [9.17, 15) is 19.5 Å². The van der Waals surface area contributed by atoms with Crippen LogP contribution in [0.4, 0.5) is 5.69 Å². The van der Waals surface area contributed by atoms with Gasteiger partial charge in [-0.05, 0) is 42.8 Å². The van der Waals surface area contributed by atoms with Crippen molar-refractivity contribution >= 4 is 29.7 Å². The minimum Gasteiger partial charge on any atom is -0.545 e. The molecule has 0 fully saturated rings. The minimum atomic E-state index is -1.36. The Hall–Kier alpha value is -3.88. The average molecular weight is 384 g/mol. The van der Waals surface area contributed by atoms with E-state index >= 15 is 0 Å². The predicted molar refractivity (Wildman–Crippen MR) is 99.3 cm³/mol. The van der Waals surface area contributed by atoms with E-state index in [4.69, 9.17) is 9.47 Å². The number of rotatable bonds is 7. The second kappa shape index (κ2) is 9.72. The first-order chi connectivity index (χ1) is 13.5. The van der Waals surface area contributed by atoms with Crippen LogP contribution in [0.2, 0.25) is 0 Å². The number of hydrogen-bond donors (Lipinski definition) is 2. The van der Waals surface area contributed by atoms with Crippen LogP contribution in [0.15, 0.2) is 47.6 Å². The van der Waals surface area contributed by atoms with Crippen molar-refractivity contribution in [3.63, 3.8) is 0 Å². The monoisotopic (exact) mass is 384 g/mol. The maximum atomic E-state index is 12.0. The number of nitrogens with zero attached hydrogens (tertiary/aromatic N) is 1. The van der Waals surface area contributed by atoms with Gasteiger partial charge in [-0.25, -0.2) is 5.43 Å². The lowest BCUT2D eigenvalue weighted by Crippen LogP contribution is -2.32. The molecular weight excluding hydrogens is 366 g/mol. The number of hydrogen-bond acceptors (Lipinski definition) is 7. The lowest BCUT2D eigenvalue weighted by atomic mass is 10.1. The summed E-state index contributed by atoms with van der Waals surface area (Å²) in [4.78, 5) is 34.9. The Bertz CT molecular complexity index is 910. The van der Waals surface area contributed by atoms with E-state index in [1.807, 2.05) is 0 Å². The Morgan fingerprint density at radius 2 is 1.86 bits per heavy atom. The molecule has 0 aliphatic rings. The fourth-order valence-corrected chi connectivity index (χ4v) is 2.20. The summed E-state index contributed by atoms with van der Waals surface area (Å²) in [6, 6.07) is 10.7. The van der Waals surface area contributed by atoms with Crippen LogP contribution < -0.4 is 25.3 Å². The molecule has 0 heterocycles. The van der Waals surface area contributed by atoms with Gasteiger partial charge in [-0.1, -0.05) is 12.1 Å². The third-order valence-electron chi connectivity index (χ3n) is 3.48. The molecule has 146 valence electrons. The number of hydrazone groups is 1. The molecule has 2 amide bonds. The Morgan fingerprint density at radius 3 is 2.54 bits per heavy atom. The number of carboxylic acid groups (broad SMARTS) is 1. The number of benzene rings is 2. The summed E-state index contributed by atoms with van der Waals surface area (Å²) < 4.78 is 10.5. The number of nitrogens with one attached hydrogen (secondary N) is 2. The van der Waals surface area contributed by atoms with Crippen LogP contribution in [0.25, 0.3) is 0 Å². The normalized spacial score (nSPS) is 10.4. The van der Waals surface area contributed by atoms with Crippen LogP contribution in [0.1, 0.15) is 22.8 Å². The van der Waals surface area contributed by atoms with Gasteiger partial charge in [0.2, 0.25) is 0 Å². The maximum absolute atomic E-state index is 12.0. The summed E-state index contributed by atoms with van der Waals surface area (Å²) in [5.74, 6) is -2.57. The molecule has 9 heteroatoms. The second-order valence-electron chi connectivity index (χ2n) is 5.33. The van der Waals surface area contributed by atoms with E-state index in [2.05, 4.69) is 15.8 Å². The molecule has 9 nitrogen and oxygen atoms in total. The van der Waals surface area contributed by atoms with Crippen LogP contribution in [-0.4, -0.2) is 37.7 Å². The Kier molecular flexibility index (Phi) is 7.09. The van der Waals surface area contributed by atoms with Gasteiger partial charge >= 0.3 is 11.8 Å². The van der Waals surface area contributed by atoms with Crippen LogP contribution in [0.5, 0.6) is 11.5 Å². The zero-order valence-corrected chi connectivity index (χ0v) is 15.2. The molecule has 0 radical (unpaired) electrons. The fraction of sp³-hybridized carbons (Fsp3) is 0.158. The van der Waals surface area contributed by atoms with E-state index in [1.165, 1.54) is 31.5 Å². The van der Waals surface area contributed by atoms with Crippen molar-refractivity contribution in [3.05, 3.63) is 53.6 Å². The van der Waals surface area contributed by atoms with Crippen LogP contribution in [-0.2, 0) is 9.59 Å². The minimum absolute atomic E-state index is 0.0786. The van der Waals surface area contributed by atoms with E-state index < -0.39 is 17.8 Å². The highest BCUT2D eigenvalue weighted by atomic mass is 16.5. The first-order valence-corrected chi connectivity index (χ1v) is 8.21. The van der Waals surface area contributed by atoms with E-state index in [0.717, 1.165) is 0 Å².